The first-order valence-corrected chi connectivity index (χ1v) is 8.15. The van der Waals surface area contributed by atoms with E-state index in [1.807, 2.05) is 18.2 Å². The lowest BCUT2D eigenvalue weighted by Gasteiger charge is -2.25. The number of amides is 1. The fourth-order valence-corrected chi connectivity index (χ4v) is 2.74. The van der Waals surface area contributed by atoms with E-state index in [1.165, 1.54) is 0 Å². The van der Waals surface area contributed by atoms with E-state index in [4.69, 9.17) is 19.3 Å². The predicted molar refractivity (Wildman–Crippen MR) is 93.6 cm³/mol. The minimum Gasteiger partial charge on any atom is -0.497 e. The van der Waals surface area contributed by atoms with Crippen molar-refractivity contribution in [2.75, 3.05) is 12.4 Å². The Morgan fingerprint density at radius 3 is 2.85 bits per heavy atom. The fraction of sp³-hybridized carbons (Fsp3) is 0.263. The molecule has 0 radical (unpaired) electrons. The van der Waals surface area contributed by atoms with E-state index in [2.05, 4.69) is 5.32 Å². The Hall–Kier alpha value is -3.22. The summed E-state index contributed by atoms with van der Waals surface area (Å²) in [5, 5.41) is 11.8. The van der Waals surface area contributed by atoms with Crippen LogP contribution in [-0.2, 0) is 22.6 Å². The third kappa shape index (κ3) is 4.05. The molecule has 26 heavy (non-hydrogen) atoms. The Balaban J connectivity index is 1.65. The number of fused-ring (bicyclic) bond motifs is 1. The molecular weight excluding hydrogens is 338 g/mol. The number of carbonyl (C=O) groups is 2. The first kappa shape index (κ1) is 17.6. The summed E-state index contributed by atoms with van der Waals surface area (Å²) in [5.74, 6) is 0.0345. The SMILES string of the molecule is COc1cccc(COC(=O)Nc2cccc3c2O[C@H](C(=O)O)CC3)c1. The summed E-state index contributed by atoms with van der Waals surface area (Å²) in [5.41, 5.74) is 2.04. The van der Waals surface area contributed by atoms with Crippen LogP contribution < -0.4 is 14.8 Å². The maximum atomic E-state index is 12.1. The van der Waals surface area contributed by atoms with Crippen LogP contribution in [-0.4, -0.2) is 30.4 Å². The van der Waals surface area contributed by atoms with Crippen molar-refractivity contribution in [3.05, 3.63) is 53.6 Å². The van der Waals surface area contributed by atoms with Crippen molar-refractivity contribution >= 4 is 17.7 Å². The number of aliphatic carboxylic acids is 1. The molecule has 2 N–H and O–H groups in total. The standard InChI is InChI=1S/C19H19NO6/c1-24-14-6-2-4-12(10-14)11-25-19(23)20-15-7-3-5-13-8-9-16(18(21)22)26-17(13)15/h2-7,10,16H,8-9,11H2,1H3,(H,20,23)(H,21,22)/t16-/m0/s1. The van der Waals surface area contributed by atoms with E-state index >= 15 is 0 Å². The molecule has 0 aliphatic carbocycles. The van der Waals surface area contributed by atoms with Crippen LogP contribution in [0.5, 0.6) is 11.5 Å². The second-order valence-electron chi connectivity index (χ2n) is 5.83. The highest BCUT2D eigenvalue weighted by atomic mass is 16.5. The number of hydrogen-bond donors (Lipinski definition) is 2. The third-order valence-electron chi connectivity index (χ3n) is 4.05. The van der Waals surface area contributed by atoms with Crippen molar-refractivity contribution in [3.63, 3.8) is 0 Å². The van der Waals surface area contributed by atoms with Crippen LogP contribution in [0.2, 0.25) is 0 Å². The minimum absolute atomic E-state index is 0.0800. The van der Waals surface area contributed by atoms with Crippen LogP contribution in [0.4, 0.5) is 10.5 Å². The first-order chi connectivity index (χ1) is 12.6. The number of aryl methyl sites for hydroxylation is 1. The van der Waals surface area contributed by atoms with E-state index in [1.54, 1.807) is 31.4 Å². The predicted octanol–water partition coefficient (Wildman–Crippen LogP) is 3.22. The van der Waals surface area contributed by atoms with Gasteiger partial charge in [-0.3, -0.25) is 5.32 Å². The molecule has 0 aromatic heterocycles. The molecule has 7 heteroatoms. The van der Waals surface area contributed by atoms with Crippen LogP contribution in [0.3, 0.4) is 0 Å². The zero-order valence-electron chi connectivity index (χ0n) is 14.2. The van der Waals surface area contributed by atoms with E-state index in [0.717, 1.165) is 11.1 Å². The van der Waals surface area contributed by atoms with E-state index in [0.29, 0.717) is 30.0 Å². The minimum atomic E-state index is -1.02. The van der Waals surface area contributed by atoms with E-state index in [9.17, 15) is 9.59 Å². The van der Waals surface area contributed by atoms with Crippen LogP contribution in [0, 0.1) is 0 Å². The lowest BCUT2D eigenvalue weighted by atomic mass is 10.0. The Bertz CT molecular complexity index is 819. The number of carboxylic acids is 1. The number of carboxylic acid groups (broad SMARTS) is 1. The Kier molecular flexibility index (Phi) is 5.26. The highest BCUT2D eigenvalue weighted by molar-refractivity contribution is 5.87. The van der Waals surface area contributed by atoms with Crippen molar-refractivity contribution < 1.29 is 28.9 Å². The molecule has 0 saturated carbocycles. The highest BCUT2D eigenvalue weighted by Crippen LogP contribution is 2.35. The zero-order chi connectivity index (χ0) is 18.5. The Morgan fingerprint density at radius 1 is 1.27 bits per heavy atom. The van der Waals surface area contributed by atoms with Gasteiger partial charge < -0.3 is 19.3 Å². The molecule has 1 amide bonds. The molecule has 136 valence electrons. The molecule has 1 heterocycles. The average molecular weight is 357 g/mol. The van der Waals surface area contributed by atoms with Gasteiger partial charge in [0.25, 0.3) is 0 Å². The summed E-state index contributed by atoms with van der Waals surface area (Å²) in [6, 6.07) is 12.5. The lowest BCUT2D eigenvalue weighted by molar-refractivity contribution is -0.145. The second kappa shape index (κ2) is 7.77. The van der Waals surface area contributed by atoms with Gasteiger partial charge in [-0.1, -0.05) is 24.3 Å². The van der Waals surface area contributed by atoms with Crippen molar-refractivity contribution in [2.45, 2.75) is 25.6 Å². The molecule has 0 fully saturated rings. The van der Waals surface area contributed by atoms with Crippen LogP contribution in [0.25, 0.3) is 0 Å². The molecule has 1 aliphatic rings. The molecule has 7 nitrogen and oxygen atoms in total. The number of nitrogens with one attached hydrogen (secondary N) is 1. The summed E-state index contributed by atoms with van der Waals surface area (Å²) in [6.45, 7) is 0.0800. The lowest BCUT2D eigenvalue weighted by Crippen LogP contribution is -2.31. The smallest absolute Gasteiger partial charge is 0.412 e. The van der Waals surface area contributed by atoms with Crippen molar-refractivity contribution in [2.24, 2.45) is 0 Å². The topological polar surface area (TPSA) is 94.1 Å². The van der Waals surface area contributed by atoms with Crippen LogP contribution in [0.1, 0.15) is 17.5 Å². The molecule has 0 unspecified atom stereocenters. The maximum absolute atomic E-state index is 12.1. The summed E-state index contributed by atoms with van der Waals surface area (Å²) < 4.78 is 15.9. The molecule has 1 atom stereocenters. The molecule has 0 saturated heterocycles. The van der Waals surface area contributed by atoms with Gasteiger partial charge in [-0.15, -0.1) is 0 Å². The van der Waals surface area contributed by atoms with Gasteiger partial charge in [0.2, 0.25) is 0 Å². The van der Waals surface area contributed by atoms with Gasteiger partial charge >= 0.3 is 12.1 Å². The number of carbonyl (C=O) groups excluding carboxylic acids is 1. The normalized spacial score (nSPS) is 15.3. The number of rotatable bonds is 5. The van der Waals surface area contributed by atoms with Crippen LogP contribution >= 0.6 is 0 Å². The Labute approximate surface area is 150 Å². The number of benzene rings is 2. The number of para-hydroxylation sites is 1. The van der Waals surface area contributed by atoms with Gasteiger partial charge in [-0.2, -0.15) is 0 Å². The quantitative estimate of drug-likeness (QED) is 0.853. The zero-order valence-corrected chi connectivity index (χ0v) is 14.2. The van der Waals surface area contributed by atoms with Gasteiger partial charge in [-0.05, 0) is 42.2 Å². The van der Waals surface area contributed by atoms with Gasteiger partial charge in [-0.25, -0.2) is 9.59 Å². The summed E-state index contributed by atoms with van der Waals surface area (Å²) in [6.07, 6.45) is -0.604. The van der Waals surface area contributed by atoms with Crippen molar-refractivity contribution in [1.82, 2.24) is 0 Å². The van der Waals surface area contributed by atoms with Crippen LogP contribution in [0.15, 0.2) is 42.5 Å². The summed E-state index contributed by atoms with van der Waals surface area (Å²) in [4.78, 5) is 23.3. The molecule has 2 aromatic carbocycles. The molecule has 3 rings (SSSR count). The van der Waals surface area contributed by atoms with Gasteiger partial charge in [0.15, 0.2) is 6.10 Å². The first-order valence-electron chi connectivity index (χ1n) is 8.15. The number of ether oxygens (including phenoxy) is 3. The monoisotopic (exact) mass is 357 g/mol. The Morgan fingerprint density at radius 2 is 2.08 bits per heavy atom. The van der Waals surface area contributed by atoms with Gasteiger partial charge in [0, 0.05) is 0 Å². The summed E-state index contributed by atoms with van der Waals surface area (Å²) >= 11 is 0. The number of anilines is 1. The molecule has 0 spiro atoms. The largest absolute Gasteiger partial charge is 0.497 e. The number of hydrogen-bond acceptors (Lipinski definition) is 5. The fourth-order valence-electron chi connectivity index (χ4n) is 2.74. The maximum Gasteiger partial charge on any atom is 0.412 e. The highest BCUT2D eigenvalue weighted by Gasteiger charge is 2.27. The van der Waals surface area contributed by atoms with Gasteiger partial charge in [0.05, 0.1) is 12.8 Å². The third-order valence-corrected chi connectivity index (χ3v) is 4.05. The summed E-state index contributed by atoms with van der Waals surface area (Å²) in [7, 11) is 1.57. The molecule has 2 aromatic rings. The van der Waals surface area contributed by atoms with E-state index < -0.39 is 18.2 Å². The van der Waals surface area contributed by atoms with E-state index in [-0.39, 0.29) is 6.61 Å². The molecule has 0 bridgehead atoms. The van der Waals surface area contributed by atoms with Crippen molar-refractivity contribution in [1.29, 1.82) is 0 Å². The second-order valence-corrected chi connectivity index (χ2v) is 5.83. The average Bonchev–Trinajstić information content (AvgIpc) is 2.66. The molecular formula is C19H19NO6. The molecule has 1 aliphatic heterocycles. The number of methoxy groups -OCH3 is 1. The van der Waals surface area contributed by atoms with Crippen molar-refractivity contribution in [3.8, 4) is 11.5 Å². The van der Waals surface area contributed by atoms with Gasteiger partial charge in [0.1, 0.15) is 18.1 Å².